The number of hydrogen-bond acceptors (Lipinski definition) is 7. The molecule has 0 aliphatic carbocycles. The number of ether oxygens (including phenoxy) is 2. The summed E-state index contributed by atoms with van der Waals surface area (Å²) >= 11 is 6.54. The van der Waals surface area contributed by atoms with Crippen LogP contribution in [0.1, 0.15) is 60.9 Å². The molecule has 0 atom stereocenters. The number of esters is 1. The summed E-state index contributed by atoms with van der Waals surface area (Å²) in [7, 11) is 1.42. The molecule has 1 saturated heterocycles. The number of rotatable bonds is 5. The Morgan fingerprint density at radius 2 is 1.89 bits per heavy atom. The van der Waals surface area contributed by atoms with E-state index in [0.717, 1.165) is 51.6 Å². The number of piperidine rings is 1. The van der Waals surface area contributed by atoms with Gasteiger partial charge in [0.25, 0.3) is 5.91 Å². The molecule has 1 aromatic rings. The molecular formula is C26H33ClN2O6. The van der Waals surface area contributed by atoms with Crippen LogP contribution in [0.4, 0.5) is 0 Å². The van der Waals surface area contributed by atoms with Gasteiger partial charge < -0.3 is 19.5 Å². The number of fused-ring (bicyclic) bond motifs is 1. The molecular weight excluding hydrogens is 472 g/mol. The Labute approximate surface area is 211 Å². The van der Waals surface area contributed by atoms with Gasteiger partial charge >= 0.3 is 5.97 Å². The third-order valence-electron chi connectivity index (χ3n) is 5.78. The van der Waals surface area contributed by atoms with Gasteiger partial charge in [-0.3, -0.25) is 15.1 Å². The molecule has 9 heteroatoms. The number of allylic oxidation sites excluding steroid dienone is 4. The molecule has 2 N–H and O–H groups in total. The first kappa shape index (κ1) is 26.6. The molecule has 3 rings (SSSR count). The zero-order valence-corrected chi connectivity index (χ0v) is 20.8. The Morgan fingerprint density at radius 1 is 1.14 bits per heavy atom. The summed E-state index contributed by atoms with van der Waals surface area (Å²) in [4.78, 5) is 32.6. The van der Waals surface area contributed by atoms with Crippen LogP contribution in [0.15, 0.2) is 36.1 Å². The van der Waals surface area contributed by atoms with E-state index in [1.807, 2.05) is 6.08 Å². The lowest BCUT2D eigenvalue weighted by molar-refractivity contribution is -0.139. The number of cyclic esters (lactones) is 1. The van der Waals surface area contributed by atoms with Crippen molar-refractivity contribution in [1.82, 2.24) is 10.4 Å². The number of carbonyl (C=O) groups is 2. The van der Waals surface area contributed by atoms with Crippen LogP contribution < -0.4 is 10.2 Å². The first-order valence-corrected chi connectivity index (χ1v) is 12.3. The van der Waals surface area contributed by atoms with Crippen molar-refractivity contribution < 1.29 is 29.0 Å². The molecule has 1 amide bonds. The van der Waals surface area contributed by atoms with Crippen LogP contribution in [0, 0.1) is 0 Å². The largest absolute Gasteiger partial charge is 0.507 e. The van der Waals surface area contributed by atoms with Gasteiger partial charge in [0.05, 0.1) is 24.4 Å². The van der Waals surface area contributed by atoms with Crippen molar-refractivity contribution >= 4 is 29.6 Å². The van der Waals surface area contributed by atoms with Crippen LogP contribution in [-0.2, 0) is 14.4 Å². The number of methoxy groups -OCH3 is 1. The maximum Gasteiger partial charge on any atom is 0.342 e. The molecule has 0 spiro atoms. The van der Waals surface area contributed by atoms with Gasteiger partial charge in [-0.2, -0.15) is 0 Å². The van der Waals surface area contributed by atoms with Gasteiger partial charge in [0.1, 0.15) is 17.1 Å². The number of benzene rings is 1. The predicted octanol–water partition coefficient (Wildman–Crippen LogP) is 4.77. The van der Waals surface area contributed by atoms with Crippen molar-refractivity contribution in [3.8, 4) is 11.5 Å². The van der Waals surface area contributed by atoms with E-state index in [1.165, 1.54) is 13.2 Å². The number of phenols is 1. The molecule has 2 heterocycles. The van der Waals surface area contributed by atoms with Crippen molar-refractivity contribution in [1.29, 1.82) is 0 Å². The van der Waals surface area contributed by atoms with Gasteiger partial charge in [-0.1, -0.05) is 29.8 Å². The number of hydrogen-bond donors (Lipinski definition) is 2. The van der Waals surface area contributed by atoms with Crippen LogP contribution in [-0.4, -0.2) is 55.3 Å². The van der Waals surface area contributed by atoms with E-state index in [9.17, 15) is 14.7 Å². The average molecular weight is 505 g/mol. The van der Waals surface area contributed by atoms with Crippen molar-refractivity contribution in [3.63, 3.8) is 0 Å². The third-order valence-corrected chi connectivity index (χ3v) is 6.17. The first-order chi connectivity index (χ1) is 17.0. The van der Waals surface area contributed by atoms with E-state index in [2.05, 4.69) is 17.6 Å². The molecule has 8 nitrogen and oxygen atoms in total. The summed E-state index contributed by atoms with van der Waals surface area (Å²) in [5.74, 6) is -0.887. The second kappa shape index (κ2) is 13.8. The molecule has 0 aromatic heterocycles. The molecule has 0 radical (unpaired) electrons. The molecule has 2 aliphatic heterocycles. The van der Waals surface area contributed by atoms with E-state index in [0.29, 0.717) is 12.1 Å². The quantitative estimate of drug-likeness (QED) is 0.338. The zero-order chi connectivity index (χ0) is 25.0. The Balaban J connectivity index is 1.89. The number of carbonyl (C=O) groups excluding carboxylic acids is 2. The molecule has 0 bridgehead atoms. The number of aromatic hydroxyl groups is 1. The van der Waals surface area contributed by atoms with Crippen molar-refractivity contribution in [3.05, 3.63) is 52.2 Å². The molecule has 35 heavy (non-hydrogen) atoms. The fourth-order valence-corrected chi connectivity index (χ4v) is 4.18. The maximum atomic E-state index is 12.9. The van der Waals surface area contributed by atoms with Crippen molar-refractivity contribution in [2.24, 2.45) is 0 Å². The fourth-order valence-electron chi connectivity index (χ4n) is 3.90. The Hall–Kier alpha value is -2.97. The monoisotopic (exact) mass is 504 g/mol. The minimum atomic E-state index is -0.693. The highest BCUT2D eigenvalue weighted by Crippen LogP contribution is 2.38. The topological polar surface area (TPSA) is 97.3 Å². The standard InChI is InChI=1S/C26H33ClN2O6/c1-33-22-17-21(30)24-20(25(22)27)16-19(28-35-18-23(31)29-13-9-7-10-14-29)12-8-5-3-2-4-6-11-15-34-26(24)32/h2,4,8,12,16-17,28,30H,3,5-7,9-11,13-15,18H2,1H3/b4-2?,12-8?,19-16-. The van der Waals surface area contributed by atoms with Gasteiger partial charge in [-0.05, 0) is 57.1 Å². The van der Waals surface area contributed by atoms with Gasteiger partial charge in [0.15, 0.2) is 6.61 Å². The number of hydroxylamine groups is 1. The van der Waals surface area contributed by atoms with Crippen LogP contribution in [0.2, 0.25) is 5.02 Å². The number of phenolic OH excluding ortho intramolecular Hbond substituents is 1. The Bertz CT molecular complexity index is 983. The van der Waals surface area contributed by atoms with Crippen molar-refractivity contribution in [2.45, 2.75) is 44.9 Å². The maximum absolute atomic E-state index is 12.9. The Morgan fingerprint density at radius 3 is 2.66 bits per heavy atom. The highest BCUT2D eigenvalue weighted by atomic mass is 35.5. The average Bonchev–Trinajstić information content (AvgIpc) is 2.87. The minimum absolute atomic E-state index is 0.0710. The molecule has 0 saturated carbocycles. The van der Waals surface area contributed by atoms with E-state index >= 15 is 0 Å². The lowest BCUT2D eigenvalue weighted by Crippen LogP contribution is -2.39. The summed E-state index contributed by atoms with van der Waals surface area (Å²) in [5, 5.41) is 10.7. The van der Waals surface area contributed by atoms with E-state index < -0.39 is 5.97 Å². The summed E-state index contributed by atoms with van der Waals surface area (Å²) < 4.78 is 10.7. The number of likely N-dealkylation sites (tertiary alicyclic amines) is 1. The second-order valence-corrected chi connectivity index (χ2v) is 8.74. The smallest absolute Gasteiger partial charge is 0.342 e. The lowest BCUT2D eigenvalue weighted by atomic mass is 10.0. The van der Waals surface area contributed by atoms with Crippen LogP contribution >= 0.6 is 11.6 Å². The summed E-state index contributed by atoms with van der Waals surface area (Å²) in [5.41, 5.74) is 3.39. The second-order valence-electron chi connectivity index (χ2n) is 8.36. The van der Waals surface area contributed by atoms with Crippen LogP contribution in [0.5, 0.6) is 11.5 Å². The number of nitrogens with one attached hydrogen (secondary N) is 1. The Kier molecular flexibility index (Phi) is 10.5. The lowest BCUT2D eigenvalue weighted by Gasteiger charge is -2.26. The normalized spacial score (nSPS) is 19.0. The van der Waals surface area contributed by atoms with Gasteiger partial charge in [-0.15, -0.1) is 0 Å². The molecule has 1 fully saturated rings. The van der Waals surface area contributed by atoms with E-state index in [-0.39, 0.29) is 46.8 Å². The third kappa shape index (κ3) is 7.77. The van der Waals surface area contributed by atoms with Crippen LogP contribution in [0.25, 0.3) is 6.08 Å². The highest BCUT2D eigenvalue weighted by molar-refractivity contribution is 6.34. The van der Waals surface area contributed by atoms with Gasteiger partial charge in [0, 0.05) is 24.7 Å². The SMILES string of the molecule is COc1cc(O)c2c(c1Cl)/C=C(\NOCC(=O)N1CCCCC1)C=CCCC=CCCCOC2=O. The molecule has 1 aromatic carbocycles. The van der Waals surface area contributed by atoms with Crippen molar-refractivity contribution in [2.75, 3.05) is 33.4 Å². The van der Waals surface area contributed by atoms with Crippen LogP contribution in [0.3, 0.4) is 0 Å². The minimum Gasteiger partial charge on any atom is -0.507 e. The fraction of sp³-hybridized carbons (Fsp3) is 0.462. The van der Waals surface area contributed by atoms with E-state index in [4.69, 9.17) is 25.9 Å². The summed E-state index contributed by atoms with van der Waals surface area (Å²) in [6, 6.07) is 1.28. The number of amides is 1. The summed E-state index contributed by atoms with van der Waals surface area (Å²) in [6.07, 6.45) is 15.6. The van der Waals surface area contributed by atoms with Gasteiger partial charge in [0.2, 0.25) is 0 Å². The number of halogens is 1. The highest BCUT2D eigenvalue weighted by Gasteiger charge is 2.23. The first-order valence-electron chi connectivity index (χ1n) is 12.0. The molecule has 190 valence electrons. The van der Waals surface area contributed by atoms with E-state index in [1.54, 1.807) is 17.1 Å². The predicted molar refractivity (Wildman–Crippen MR) is 134 cm³/mol. The molecule has 2 aliphatic rings. The number of nitrogens with zero attached hydrogens (tertiary/aromatic N) is 1. The molecule has 0 unspecified atom stereocenters. The van der Waals surface area contributed by atoms with Gasteiger partial charge in [-0.25, -0.2) is 4.79 Å². The summed E-state index contributed by atoms with van der Waals surface area (Å²) in [6.45, 7) is 1.55. The zero-order valence-electron chi connectivity index (χ0n) is 20.1.